The summed E-state index contributed by atoms with van der Waals surface area (Å²) in [5, 5.41) is 3.34. The van der Waals surface area contributed by atoms with E-state index in [9.17, 15) is 18.0 Å². The highest BCUT2D eigenvalue weighted by Crippen LogP contribution is 2.36. The van der Waals surface area contributed by atoms with Crippen molar-refractivity contribution in [2.24, 2.45) is 5.41 Å². The summed E-state index contributed by atoms with van der Waals surface area (Å²) in [6.45, 7) is 4.78. The molecule has 2 fully saturated rings. The summed E-state index contributed by atoms with van der Waals surface area (Å²) in [5.41, 5.74) is 0.0967. The normalized spacial score (nSPS) is 25.1. The summed E-state index contributed by atoms with van der Waals surface area (Å²) in [4.78, 5) is 14.5. The average Bonchev–Trinajstić information content (AvgIpc) is 2.93. The van der Waals surface area contributed by atoms with Crippen molar-refractivity contribution >= 4 is 5.91 Å². The van der Waals surface area contributed by atoms with Gasteiger partial charge in [-0.25, -0.2) is 0 Å². The third kappa shape index (κ3) is 3.22. The van der Waals surface area contributed by atoms with Crippen molar-refractivity contribution in [3.05, 3.63) is 34.9 Å². The molecule has 0 saturated carbocycles. The molecule has 1 amide bonds. The van der Waals surface area contributed by atoms with Gasteiger partial charge in [-0.1, -0.05) is 6.07 Å². The summed E-state index contributed by atoms with van der Waals surface area (Å²) < 4.78 is 38.7. The quantitative estimate of drug-likeness (QED) is 0.859. The SMILES string of the molecule is Cc1ccc(C(F)(F)F)cc1C(=O)N1CCC[C@]2(CCNC2)C1. The van der Waals surface area contributed by atoms with Gasteiger partial charge >= 0.3 is 6.18 Å². The average molecular weight is 326 g/mol. The van der Waals surface area contributed by atoms with Crippen molar-refractivity contribution in [3.63, 3.8) is 0 Å². The van der Waals surface area contributed by atoms with Crippen LogP contribution >= 0.6 is 0 Å². The zero-order valence-corrected chi connectivity index (χ0v) is 13.2. The fourth-order valence-electron chi connectivity index (χ4n) is 3.72. The lowest BCUT2D eigenvalue weighted by Crippen LogP contribution is -2.47. The number of carbonyl (C=O) groups excluding carboxylic acids is 1. The van der Waals surface area contributed by atoms with Crippen LogP contribution in [0.1, 0.15) is 40.7 Å². The molecule has 2 aliphatic rings. The van der Waals surface area contributed by atoms with Crippen LogP contribution in [0.15, 0.2) is 18.2 Å². The van der Waals surface area contributed by atoms with E-state index < -0.39 is 11.7 Å². The van der Waals surface area contributed by atoms with Crippen molar-refractivity contribution in [2.45, 2.75) is 32.4 Å². The predicted molar refractivity (Wildman–Crippen MR) is 81.2 cm³/mol. The number of nitrogens with zero attached hydrogens (tertiary/aromatic N) is 1. The monoisotopic (exact) mass is 326 g/mol. The van der Waals surface area contributed by atoms with Gasteiger partial charge in [-0.05, 0) is 50.4 Å². The number of likely N-dealkylation sites (tertiary alicyclic amines) is 1. The molecule has 2 heterocycles. The molecule has 1 spiro atoms. The van der Waals surface area contributed by atoms with Crippen LogP contribution in [0, 0.1) is 12.3 Å². The summed E-state index contributed by atoms with van der Waals surface area (Å²) >= 11 is 0. The Kier molecular flexibility index (Phi) is 4.12. The minimum absolute atomic E-state index is 0.101. The summed E-state index contributed by atoms with van der Waals surface area (Å²) in [7, 11) is 0. The molecule has 2 saturated heterocycles. The van der Waals surface area contributed by atoms with E-state index in [2.05, 4.69) is 5.32 Å². The van der Waals surface area contributed by atoms with E-state index >= 15 is 0 Å². The van der Waals surface area contributed by atoms with Gasteiger partial charge in [0.2, 0.25) is 0 Å². The number of amides is 1. The molecule has 0 unspecified atom stereocenters. The Balaban J connectivity index is 1.85. The number of halogens is 3. The zero-order chi connectivity index (χ0) is 16.7. The Hall–Kier alpha value is -1.56. The van der Waals surface area contributed by atoms with Gasteiger partial charge in [0.25, 0.3) is 5.91 Å². The van der Waals surface area contributed by atoms with Gasteiger partial charge in [-0.15, -0.1) is 0 Å². The van der Waals surface area contributed by atoms with E-state index in [4.69, 9.17) is 0 Å². The Morgan fingerprint density at radius 1 is 1.30 bits per heavy atom. The largest absolute Gasteiger partial charge is 0.416 e. The van der Waals surface area contributed by atoms with Crippen molar-refractivity contribution in [2.75, 3.05) is 26.2 Å². The molecule has 3 rings (SSSR count). The standard InChI is InChI=1S/C17H21F3N2O/c1-12-3-4-13(17(18,19)20)9-14(12)15(23)22-8-2-5-16(11-22)6-7-21-10-16/h3-4,9,21H,2,5-8,10-11H2,1H3/t16-/m1/s1. The molecule has 1 aromatic carbocycles. The van der Waals surface area contributed by atoms with Crippen molar-refractivity contribution in [1.29, 1.82) is 0 Å². The van der Waals surface area contributed by atoms with Gasteiger partial charge in [0.1, 0.15) is 0 Å². The zero-order valence-electron chi connectivity index (χ0n) is 13.2. The van der Waals surface area contributed by atoms with E-state index in [0.29, 0.717) is 18.7 Å². The number of hydrogen-bond acceptors (Lipinski definition) is 2. The smallest absolute Gasteiger partial charge is 0.338 e. The Bertz CT molecular complexity index is 606. The maximum absolute atomic E-state index is 12.9. The van der Waals surface area contributed by atoms with Gasteiger partial charge in [0, 0.05) is 30.6 Å². The highest BCUT2D eigenvalue weighted by Gasteiger charge is 2.40. The highest BCUT2D eigenvalue weighted by atomic mass is 19.4. The molecular formula is C17H21F3N2O. The van der Waals surface area contributed by atoms with Crippen LogP contribution in [-0.2, 0) is 6.18 Å². The Morgan fingerprint density at radius 3 is 2.74 bits per heavy atom. The van der Waals surface area contributed by atoms with Gasteiger partial charge < -0.3 is 10.2 Å². The summed E-state index contributed by atoms with van der Waals surface area (Å²) in [6.07, 6.45) is -1.42. The number of benzene rings is 1. The number of aryl methyl sites for hydroxylation is 1. The first-order valence-corrected chi connectivity index (χ1v) is 7.99. The molecule has 1 aromatic rings. The topological polar surface area (TPSA) is 32.3 Å². The van der Waals surface area contributed by atoms with Crippen LogP contribution in [0.5, 0.6) is 0 Å². The summed E-state index contributed by atoms with van der Waals surface area (Å²) in [6, 6.07) is 3.41. The van der Waals surface area contributed by atoms with Crippen LogP contribution in [0.25, 0.3) is 0 Å². The number of rotatable bonds is 1. The molecule has 3 nitrogen and oxygen atoms in total. The minimum atomic E-state index is -4.43. The van der Waals surface area contributed by atoms with Crippen LogP contribution in [0.4, 0.5) is 13.2 Å². The first kappa shape index (κ1) is 16.3. The molecule has 0 aromatic heterocycles. The molecular weight excluding hydrogens is 305 g/mol. The molecule has 0 radical (unpaired) electrons. The number of alkyl halides is 3. The lowest BCUT2D eigenvalue weighted by atomic mass is 9.79. The molecule has 126 valence electrons. The molecule has 1 atom stereocenters. The Labute approximate surface area is 133 Å². The van der Waals surface area contributed by atoms with Crippen LogP contribution in [-0.4, -0.2) is 37.0 Å². The number of carbonyl (C=O) groups is 1. The van der Waals surface area contributed by atoms with Gasteiger partial charge in [-0.2, -0.15) is 13.2 Å². The second kappa shape index (κ2) is 5.82. The molecule has 2 aliphatic heterocycles. The molecule has 6 heteroatoms. The van der Waals surface area contributed by atoms with E-state index in [1.165, 1.54) is 6.07 Å². The van der Waals surface area contributed by atoms with E-state index in [-0.39, 0.29) is 16.9 Å². The van der Waals surface area contributed by atoms with Crippen LogP contribution in [0.3, 0.4) is 0 Å². The second-order valence-corrected chi connectivity index (χ2v) is 6.78. The van der Waals surface area contributed by atoms with Crippen molar-refractivity contribution in [3.8, 4) is 0 Å². The number of nitrogens with one attached hydrogen (secondary N) is 1. The predicted octanol–water partition coefficient (Wildman–Crippen LogP) is 3.23. The third-order valence-corrected chi connectivity index (χ3v) is 5.08. The Morgan fingerprint density at radius 2 is 2.09 bits per heavy atom. The van der Waals surface area contributed by atoms with Gasteiger partial charge in [-0.3, -0.25) is 4.79 Å². The number of piperidine rings is 1. The lowest BCUT2D eigenvalue weighted by molar-refractivity contribution is -0.137. The van der Waals surface area contributed by atoms with Crippen molar-refractivity contribution < 1.29 is 18.0 Å². The fourth-order valence-corrected chi connectivity index (χ4v) is 3.72. The van der Waals surface area contributed by atoms with E-state index in [1.807, 2.05) is 0 Å². The van der Waals surface area contributed by atoms with Crippen LogP contribution in [0.2, 0.25) is 0 Å². The van der Waals surface area contributed by atoms with E-state index in [1.54, 1.807) is 11.8 Å². The van der Waals surface area contributed by atoms with Gasteiger partial charge in [0.15, 0.2) is 0 Å². The van der Waals surface area contributed by atoms with E-state index in [0.717, 1.165) is 44.5 Å². The first-order valence-electron chi connectivity index (χ1n) is 7.99. The van der Waals surface area contributed by atoms with Crippen LogP contribution < -0.4 is 5.32 Å². The summed E-state index contributed by atoms with van der Waals surface area (Å²) in [5.74, 6) is -0.278. The molecule has 0 bridgehead atoms. The third-order valence-electron chi connectivity index (χ3n) is 5.08. The first-order chi connectivity index (χ1) is 10.8. The highest BCUT2D eigenvalue weighted by molar-refractivity contribution is 5.96. The molecule has 23 heavy (non-hydrogen) atoms. The minimum Gasteiger partial charge on any atom is -0.338 e. The second-order valence-electron chi connectivity index (χ2n) is 6.78. The fraction of sp³-hybridized carbons (Fsp3) is 0.588. The van der Waals surface area contributed by atoms with Crippen molar-refractivity contribution in [1.82, 2.24) is 10.2 Å². The maximum atomic E-state index is 12.9. The number of hydrogen-bond donors (Lipinski definition) is 1. The lowest BCUT2D eigenvalue weighted by Gasteiger charge is -2.40. The molecule has 0 aliphatic carbocycles. The molecule has 1 N–H and O–H groups in total. The maximum Gasteiger partial charge on any atom is 0.416 e. The van der Waals surface area contributed by atoms with Gasteiger partial charge in [0.05, 0.1) is 5.56 Å².